The average molecular weight is 250 g/mol. The molecule has 1 aromatic carbocycles. The number of ether oxygens (including phenoxy) is 1. The van der Waals surface area contributed by atoms with Gasteiger partial charge in [0.25, 0.3) is 0 Å². The topological polar surface area (TPSA) is 58.6 Å². The molecule has 0 aliphatic carbocycles. The van der Waals surface area contributed by atoms with Gasteiger partial charge in [-0.25, -0.2) is 9.59 Å². The Morgan fingerprint density at radius 3 is 2.39 bits per heavy atom. The van der Waals surface area contributed by atoms with E-state index >= 15 is 0 Å². The Bertz CT molecular complexity index is 428. The van der Waals surface area contributed by atoms with Crippen molar-refractivity contribution in [2.75, 3.05) is 25.5 Å². The van der Waals surface area contributed by atoms with Crippen molar-refractivity contribution in [1.82, 2.24) is 4.90 Å². The van der Waals surface area contributed by atoms with Gasteiger partial charge in [0.05, 0.1) is 18.4 Å². The minimum Gasteiger partial charge on any atom is -0.465 e. The molecule has 0 unspecified atom stereocenters. The Labute approximate surface area is 107 Å². The first-order chi connectivity index (χ1) is 8.63. The third-order valence-corrected chi connectivity index (χ3v) is 2.62. The van der Waals surface area contributed by atoms with Gasteiger partial charge in [-0.1, -0.05) is 12.1 Å². The van der Waals surface area contributed by atoms with E-state index in [4.69, 9.17) is 0 Å². The molecule has 0 atom stereocenters. The first kappa shape index (κ1) is 14.0. The van der Waals surface area contributed by atoms with Gasteiger partial charge in [0, 0.05) is 13.1 Å². The summed E-state index contributed by atoms with van der Waals surface area (Å²) in [6.07, 6.45) is 0. The number of anilines is 1. The van der Waals surface area contributed by atoms with Crippen molar-refractivity contribution in [1.29, 1.82) is 0 Å². The molecule has 0 fully saturated rings. The van der Waals surface area contributed by atoms with Gasteiger partial charge in [0.15, 0.2) is 0 Å². The summed E-state index contributed by atoms with van der Waals surface area (Å²) in [6.45, 7) is 5.02. The predicted octanol–water partition coefficient (Wildman–Crippen LogP) is 2.35. The lowest BCUT2D eigenvalue weighted by molar-refractivity contribution is 0.0602. The standard InChI is InChI=1S/C13H18N2O3/c1-4-15(5-2)13(17)14-11-9-7-6-8-10(11)12(16)18-3/h6-9H,4-5H2,1-3H3,(H,14,17). The van der Waals surface area contributed by atoms with E-state index in [1.54, 1.807) is 29.2 Å². The molecule has 98 valence electrons. The number of hydrogen-bond donors (Lipinski definition) is 1. The number of benzene rings is 1. The minimum absolute atomic E-state index is 0.226. The Hall–Kier alpha value is -2.04. The molecule has 0 saturated heterocycles. The van der Waals surface area contributed by atoms with Crippen LogP contribution in [-0.4, -0.2) is 37.1 Å². The number of nitrogens with zero attached hydrogens (tertiary/aromatic N) is 1. The van der Waals surface area contributed by atoms with Gasteiger partial charge >= 0.3 is 12.0 Å². The zero-order chi connectivity index (χ0) is 13.5. The summed E-state index contributed by atoms with van der Waals surface area (Å²) >= 11 is 0. The molecule has 5 heteroatoms. The van der Waals surface area contributed by atoms with Crippen LogP contribution in [0.15, 0.2) is 24.3 Å². The molecule has 18 heavy (non-hydrogen) atoms. The number of nitrogens with one attached hydrogen (secondary N) is 1. The van der Waals surface area contributed by atoms with E-state index in [0.717, 1.165) is 0 Å². The second-order valence-electron chi connectivity index (χ2n) is 3.64. The van der Waals surface area contributed by atoms with E-state index < -0.39 is 5.97 Å². The second-order valence-corrected chi connectivity index (χ2v) is 3.64. The van der Waals surface area contributed by atoms with Crippen LogP contribution in [-0.2, 0) is 4.74 Å². The van der Waals surface area contributed by atoms with Crippen molar-refractivity contribution in [3.8, 4) is 0 Å². The Balaban J connectivity index is 2.90. The summed E-state index contributed by atoms with van der Waals surface area (Å²) in [5, 5.41) is 2.71. The van der Waals surface area contributed by atoms with E-state index in [1.165, 1.54) is 7.11 Å². The molecule has 0 saturated carbocycles. The lowest BCUT2D eigenvalue weighted by atomic mass is 10.2. The molecule has 0 aliphatic rings. The minimum atomic E-state index is -0.467. The SMILES string of the molecule is CCN(CC)C(=O)Nc1ccccc1C(=O)OC. The Morgan fingerprint density at radius 1 is 1.22 bits per heavy atom. The number of urea groups is 1. The maximum atomic E-state index is 11.9. The molecule has 0 bridgehead atoms. The second kappa shape index (κ2) is 6.64. The summed E-state index contributed by atoms with van der Waals surface area (Å²) in [7, 11) is 1.31. The Kier molecular flexibility index (Phi) is 5.17. The molecule has 1 aromatic rings. The van der Waals surface area contributed by atoms with E-state index in [-0.39, 0.29) is 6.03 Å². The first-order valence-electron chi connectivity index (χ1n) is 5.87. The van der Waals surface area contributed by atoms with Crippen LogP contribution in [0.25, 0.3) is 0 Å². The number of carbonyl (C=O) groups is 2. The first-order valence-corrected chi connectivity index (χ1v) is 5.87. The third kappa shape index (κ3) is 3.23. The van der Waals surface area contributed by atoms with Crippen LogP contribution in [0.5, 0.6) is 0 Å². The number of amides is 2. The van der Waals surface area contributed by atoms with Crippen LogP contribution in [0.3, 0.4) is 0 Å². The number of methoxy groups -OCH3 is 1. The van der Waals surface area contributed by atoms with Gasteiger partial charge in [-0.2, -0.15) is 0 Å². The number of carbonyl (C=O) groups excluding carboxylic acids is 2. The van der Waals surface area contributed by atoms with Gasteiger partial charge in [-0.3, -0.25) is 0 Å². The van der Waals surface area contributed by atoms with E-state index in [9.17, 15) is 9.59 Å². The molecular formula is C13H18N2O3. The van der Waals surface area contributed by atoms with Crippen LogP contribution < -0.4 is 5.32 Å². The number of esters is 1. The highest BCUT2D eigenvalue weighted by Crippen LogP contribution is 2.16. The fourth-order valence-corrected chi connectivity index (χ4v) is 1.59. The molecule has 0 heterocycles. The molecule has 5 nitrogen and oxygen atoms in total. The quantitative estimate of drug-likeness (QED) is 0.834. The van der Waals surface area contributed by atoms with Gasteiger partial charge in [0.2, 0.25) is 0 Å². The molecule has 1 N–H and O–H groups in total. The molecule has 1 rings (SSSR count). The molecule has 2 amide bonds. The zero-order valence-corrected chi connectivity index (χ0v) is 10.9. The zero-order valence-electron chi connectivity index (χ0n) is 10.9. The van der Waals surface area contributed by atoms with Crippen molar-refractivity contribution < 1.29 is 14.3 Å². The summed E-state index contributed by atoms with van der Waals surface area (Å²) < 4.78 is 4.67. The maximum absolute atomic E-state index is 11.9. The van der Waals surface area contributed by atoms with Crippen LogP contribution >= 0.6 is 0 Å². The molecular weight excluding hydrogens is 232 g/mol. The third-order valence-electron chi connectivity index (χ3n) is 2.62. The summed E-state index contributed by atoms with van der Waals surface area (Å²) in [5.41, 5.74) is 0.807. The van der Waals surface area contributed by atoms with Gasteiger partial charge < -0.3 is 15.0 Å². The van der Waals surface area contributed by atoms with Crippen molar-refractivity contribution in [3.05, 3.63) is 29.8 Å². The predicted molar refractivity (Wildman–Crippen MR) is 69.7 cm³/mol. The van der Waals surface area contributed by atoms with E-state index in [2.05, 4.69) is 10.1 Å². The van der Waals surface area contributed by atoms with Crippen LogP contribution in [0.2, 0.25) is 0 Å². The summed E-state index contributed by atoms with van der Waals surface area (Å²) in [4.78, 5) is 25.1. The molecule has 0 radical (unpaired) electrons. The monoisotopic (exact) mass is 250 g/mol. The summed E-state index contributed by atoms with van der Waals surface area (Å²) in [6, 6.07) is 6.54. The lowest BCUT2D eigenvalue weighted by Crippen LogP contribution is -2.34. The van der Waals surface area contributed by atoms with Crippen molar-refractivity contribution in [2.24, 2.45) is 0 Å². The van der Waals surface area contributed by atoms with Crippen molar-refractivity contribution in [3.63, 3.8) is 0 Å². The van der Waals surface area contributed by atoms with Crippen molar-refractivity contribution in [2.45, 2.75) is 13.8 Å². The number of para-hydroxylation sites is 1. The van der Waals surface area contributed by atoms with Crippen molar-refractivity contribution >= 4 is 17.7 Å². The highest BCUT2D eigenvalue weighted by molar-refractivity contribution is 6.00. The number of rotatable bonds is 4. The average Bonchev–Trinajstić information content (AvgIpc) is 2.40. The van der Waals surface area contributed by atoms with Gasteiger partial charge in [0.1, 0.15) is 0 Å². The molecule has 0 aromatic heterocycles. The number of hydrogen-bond acceptors (Lipinski definition) is 3. The molecule has 0 spiro atoms. The molecule has 0 aliphatic heterocycles. The highest BCUT2D eigenvalue weighted by Gasteiger charge is 2.15. The van der Waals surface area contributed by atoms with E-state index in [1.807, 2.05) is 13.8 Å². The van der Waals surface area contributed by atoms with Crippen LogP contribution in [0.4, 0.5) is 10.5 Å². The fraction of sp³-hybridized carbons (Fsp3) is 0.385. The normalized spacial score (nSPS) is 9.72. The fourth-order valence-electron chi connectivity index (χ4n) is 1.59. The maximum Gasteiger partial charge on any atom is 0.339 e. The lowest BCUT2D eigenvalue weighted by Gasteiger charge is -2.20. The smallest absolute Gasteiger partial charge is 0.339 e. The Morgan fingerprint density at radius 2 is 1.83 bits per heavy atom. The van der Waals surface area contributed by atoms with Crippen LogP contribution in [0, 0.1) is 0 Å². The summed E-state index contributed by atoms with van der Waals surface area (Å²) in [5.74, 6) is -0.467. The van der Waals surface area contributed by atoms with E-state index in [0.29, 0.717) is 24.3 Å². The van der Waals surface area contributed by atoms with Gasteiger partial charge in [-0.05, 0) is 26.0 Å². The highest BCUT2D eigenvalue weighted by atomic mass is 16.5. The van der Waals surface area contributed by atoms with Gasteiger partial charge in [-0.15, -0.1) is 0 Å². The van der Waals surface area contributed by atoms with Crippen LogP contribution in [0.1, 0.15) is 24.2 Å². The largest absolute Gasteiger partial charge is 0.465 e.